The van der Waals surface area contributed by atoms with E-state index in [0.29, 0.717) is 6.42 Å². The molecule has 0 aromatic rings. The molecule has 6 heteroatoms. The highest BCUT2D eigenvalue weighted by atomic mass is 31.2. The van der Waals surface area contributed by atoms with Gasteiger partial charge in [-0.2, -0.15) is 0 Å². The molecule has 0 amide bonds. The molecule has 0 unspecified atom stereocenters. The minimum atomic E-state index is -4.27. The van der Waals surface area contributed by atoms with Crippen molar-refractivity contribution in [3.63, 3.8) is 0 Å². The Bertz CT molecular complexity index is 210. The number of carbonyl (C=O) groups is 1. The summed E-state index contributed by atoms with van der Waals surface area (Å²) in [6.07, 6.45) is 2.60. The lowest BCUT2D eigenvalue weighted by molar-refractivity contribution is -0.140. The predicted octanol–water partition coefficient (Wildman–Crippen LogP) is 1.10. The SMILES string of the molecule is [CH2]CCCCCOC(=O)CP(=O)(O)O. The first-order valence-electron chi connectivity index (χ1n) is 4.45. The molecule has 0 fully saturated rings. The molecular weight excluding hydrogens is 207 g/mol. The van der Waals surface area contributed by atoms with Gasteiger partial charge in [-0.05, 0) is 6.42 Å². The molecule has 1 radical (unpaired) electrons. The largest absolute Gasteiger partial charge is 0.465 e. The van der Waals surface area contributed by atoms with Crippen molar-refractivity contribution in [2.75, 3.05) is 12.8 Å². The molecular formula is C8H16O5P. The van der Waals surface area contributed by atoms with Crippen molar-refractivity contribution < 1.29 is 23.9 Å². The van der Waals surface area contributed by atoms with E-state index >= 15 is 0 Å². The summed E-state index contributed by atoms with van der Waals surface area (Å²) in [6, 6.07) is 0. The molecule has 5 nitrogen and oxygen atoms in total. The molecule has 0 aliphatic heterocycles. The molecule has 2 N–H and O–H groups in total. The third-order valence-electron chi connectivity index (χ3n) is 1.49. The summed E-state index contributed by atoms with van der Waals surface area (Å²) < 4.78 is 15.0. The Balaban J connectivity index is 3.41. The lowest BCUT2D eigenvalue weighted by Crippen LogP contribution is -2.10. The zero-order chi connectivity index (χ0) is 11.0. The van der Waals surface area contributed by atoms with E-state index < -0.39 is 19.7 Å². The Hall–Kier alpha value is -0.380. The molecule has 0 atom stereocenters. The number of esters is 1. The molecule has 0 aromatic carbocycles. The van der Waals surface area contributed by atoms with Crippen molar-refractivity contribution in [2.24, 2.45) is 0 Å². The van der Waals surface area contributed by atoms with Crippen LogP contribution < -0.4 is 0 Å². The van der Waals surface area contributed by atoms with E-state index in [9.17, 15) is 9.36 Å². The van der Waals surface area contributed by atoms with E-state index in [1.807, 2.05) is 0 Å². The third-order valence-corrected chi connectivity index (χ3v) is 2.16. The van der Waals surface area contributed by atoms with Crippen LogP contribution in [0.15, 0.2) is 0 Å². The van der Waals surface area contributed by atoms with Crippen LogP contribution in [0.1, 0.15) is 25.7 Å². The van der Waals surface area contributed by atoms with Gasteiger partial charge in [0.25, 0.3) is 0 Å². The number of hydrogen-bond acceptors (Lipinski definition) is 3. The van der Waals surface area contributed by atoms with Gasteiger partial charge in [-0.25, -0.2) is 0 Å². The van der Waals surface area contributed by atoms with Crippen molar-refractivity contribution in [1.82, 2.24) is 0 Å². The third kappa shape index (κ3) is 9.71. The Kier molecular flexibility index (Phi) is 6.79. The van der Waals surface area contributed by atoms with Gasteiger partial charge in [-0.15, -0.1) is 0 Å². The normalized spacial score (nSPS) is 11.4. The minimum absolute atomic E-state index is 0.221. The molecule has 0 rings (SSSR count). The molecule has 0 heterocycles. The highest BCUT2D eigenvalue weighted by Crippen LogP contribution is 2.33. The number of carbonyl (C=O) groups excluding carboxylic acids is 1. The van der Waals surface area contributed by atoms with Gasteiger partial charge in [0.05, 0.1) is 6.61 Å². The van der Waals surface area contributed by atoms with E-state index in [0.717, 1.165) is 19.3 Å². The molecule has 0 saturated carbocycles. The lowest BCUT2D eigenvalue weighted by Gasteiger charge is -2.05. The van der Waals surface area contributed by atoms with Gasteiger partial charge in [-0.3, -0.25) is 9.36 Å². The maximum Gasteiger partial charge on any atom is 0.336 e. The number of rotatable bonds is 7. The second-order valence-corrected chi connectivity index (χ2v) is 4.60. The topological polar surface area (TPSA) is 83.8 Å². The maximum atomic E-state index is 10.8. The van der Waals surface area contributed by atoms with Crippen LogP contribution in [0.25, 0.3) is 0 Å². The molecule has 0 bridgehead atoms. The van der Waals surface area contributed by atoms with Crippen molar-refractivity contribution in [2.45, 2.75) is 25.7 Å². The van der Waals surface area contributed by atoms with Gasteiger partial charge in [0.2, 0.25) is 0 Å². The van der Waals surface area contributed by atoms with E-state index in [4.69, 9.17) is 9.79 Å². The monoisotopic (exact) mass is 223 g/mol. The van der Waals surface area contributed by atoms with Crippen LogP contribution in [0.4, 0.5) is 0 Å². The molecule has 0 saturated heterocycles. The van der Waals surface area contributed by atoms with Gasteiger partial charge in [0.1, 0.15) is 6.16 Å². The fraction of sp³-hybridized carbons (Fsp3) is 0.750. The average Bonchev–Trinajstić information content (AvgIpc) is 2.00. The summed E-state index contributed by atoms with van der Waals surface area (Å²) in [5.74, 6) is -0.840. The Morgan fingerprint density at radius 2 is 1.93 bits per heavy atom. The summed E-state index contributed by atoms with van der Waals surface area (Å²) in [7, 11) is -4.27. The molecule has 83 valence electrons. The summed E-state index contributed by atoms with van der Waals surface area (Å²) in [5, 5.41) is 0. The van der Waals surface area contributed by atoms with Crippen molar-refractivity contribution >= 4 is 13.6 Å². The van der Waals surface area contributed by atoms with Crippen LogP contribution in [0.2, 0.25) is 0 Å². The summed E-state index contributed by atoms with van der Waals surface area (Å²) in [4.78, 5) is 27.6. The smallest absolute Gasteiger partial charge is 0.336 e. The average molecular weight is 223 g/mol. The van der Waals surface area contributed by atoms with E-state index in [2.05, 4.69) is 11.7 Å². The quantitative estimate of drug-likeness (QED) is 0.383. The van der Waals surface area contributed by atoms with Crippen LogP contribution >= 0.6 is 7.60 Å². The van der Waals surface area contributed by atoms with Gasteiger partial charge >= 0.3 is 13.6 Å². The van der Waals surface area contributed by atoms with Crippen molar-refractivity contribution in [3.8, 4) is 0 Å². The Morgan fingerprint density at radius 1 is 1.29 bits per heavy atom. The fourth-order valence-corrected chi connectivity index (χ4v) is 1.28. The molecule has 14 heavy (non-hydrogen) atoms. The zero-order valence-electron chi connectivity index (χ0n) is 8.02. The fourth-order valence-electron chi connectivity index (χ4n) is 0.855. The van der Waals surface area contributed by atoms with E-state index in [1.165, 1.54) is 0 Å². The van der Waals surface area contributed by atoms with Crippen molar-refractivity contribution in [3.05, 3.63) is 6.92 Å². The van der Waals surface area contributed by atoms with Crippen molar-refractivity contribution in [1.29, 1.82) is 0 Å². The second kappa shape index (κ2) is 6.98. The highest BCUT2D eigenvalue weighted by molar-refractivity contribution is 7.52. The number of ether oxygens (including phenoxy) is 1. The van der Waals surface area contributed by atoms with Gasteiger partial charge < -0.3 is 14.5 Å². The summed E-state index contributed by atoms with van der Waals surface area (Å²) in [6.45, 7) is 3.88. The van der Waals surface area contributed by atoms with Gasteiger partial charge in [0.15, 0.2) is 0 Å². The van der Waals surface area contributed by atoms with Crippen LogP contribution in [0.3, 0.4) is 0 Å². The highest BCUT2D eigenvalue weighted by Gasteiger charge is 2.19. The zero-order valence-corrected chi connectivity index (χ0v) is 8.91. The first-order valence-corrected chi connectivity index (χ1v) is 6.25. The Labute approximate surface area is 83.6 Å². The standard InChI is InChI=1S/C8H16O5P/c1-2-3-4-5-6-13-8(9)7-14(10,11)12/h1-7H2,(H2,10,11,12). The van der Waals surface area contributed by atoms with Gasteiger partial charge in [0, 0.05) is 0 Å². The molecule has 0 aliphatic rings. The molecule has 0 aromatic heterocycles. The summed E-state index contributed by atoms with van der Waals surface area (Å²) in [5.41, 5.74) is 0. The first kappa shape index (κ1) is 13.6. The van der Waals surface area contributed by atoms with Crippen LogP contribution in [-0.4, -0.2) is 28.5 Å². The second-order valence-electron chi connectivity index (χ2n) is 2.96. The summed E-state index contributed by atoms with van der Waals surface area (Å²) >= 11 is 0. The van der Waals surface area contributed by atoms with Gasteiger partial charge in [-0.1, -0.05) is 26.2 Å². The van der Waals surface area contributed by atoms with E-state index in [1.54, 1.807) is 0 Å². The van der Waals surface area contributed by atoms with E-state index in [-0.39, 0.29) is 6.61 Å². The Morgan fingerprint density at radius 3 is 2.43 bits per heavy atom. The lowest BCUT2D eigenvalue weighted by atomic mass is 10.2. The molecule has 0 spiro atoms. The van der Waals surface area contributed by atoms with Crippen LogP contribution in [-0.2, 0) is 14.1 Å². The number of unbranched alkanes of at least 4 members (excludes halogenated alkanes) is 3. The molecule has 0 aliphatic carbocycles. The predicted molar refractivity (Wildman–Crippen MR) is 51.7 cm³/mol. The van der Waals surface area contributed by atoms with Crippen LogP contribution in [0.5, 0.6) is 0 Å². The number of hydrogen-bond donors (Lipinski definition) is 2. The maximum absolute atomic E-state index is 10.8. The first-order chi connectivity index (χ1) is 6.45. The van der Waals surface area contributed by atoms with Crippen LogP contribution in [0, 0.1) is 6.92 Å². The minimum Gasteiger partial charge on any atom is -0.465 e.